The van der Waals surface area contributed by atoms with Gasteiger partial charge in [0.15, 0.2) is 0 Å². The Hall–Kier alpha value is -3.61. The van der Waals surface area contributed by atoms with E-state index in [0.717, 1.165) is 24.9 Å². The molecule has 3 amide bonds. The summed E-state index contributed by atoms with van der Waals surface area (Å²) in [7, 11) is 0. The van der Waals surface area contributed by atoms with E-state index in [1.165, 1.54) is 10.5 Å². The second kappa shape index (κ2) is 8.97. The van der Waals surface area contributed by atoms with Gasteiger partial charge in [0.05, 0.1) is 35.0 Å². The Morgan fingerprint density at radius 1 is 1.10 bits per heavy atom. The van der Waals surface area contributed by atoms with Crippen LogP contribution in [0.4, 0.5) is 0 Å². The van der Waals surface area contributed by atoms with Crippen LogP contribution in [-0.2, 0) is 33.7 Å². The van der Waals surface area contributed by atoms with E-state index >= 15 is 0 Å². The fourth-order valence-electron chi connectivity index (χ4n) is 6.48. The fourth-order valence-corrected chi connectivity index (χ4v) is 6.48. The zero-order chi connectivity index (χ0) is 27.6. The predicted molar refractivity (Wildman–Crippen MR) is 141 cm³/mol. The number of piperidine rings is 2. The topological polar surface area (TPSA) is 127 Å². The van der Waals surface area contributed by atoms with Gasteiger partial charge in [0, 0.05) is 31.5 Å². The Morgan fingerprint density at radius 3 is 2.49 bits per heavy atom. The van der Waals surface area contributed by atoms with Crippen molar-refractivity contribution in [2.75, 3.05) is 13.1 Å². The van der Waals surface area contributed by atoms with Gasteiger partial charge in [0.1, 0.15) is 11.6 Å². The number of aromatic nitrogens is 1. The molecule has 4 aliphatic rings. The van der Waals surface area contributed by atoms with Crippen LogP contribution < -0.4 is 5.32 Å². The van der Waals surface area contributed by atoms with Crippen LogP contribution in [0.5, 0.6) is 0 Å². The molecule has 1 saturated carbocycles. The summed E-state index contributed by atoms with van der Waals surface area (Å²) >= 11 is 0. The van der Waals surface area contributed by atoms with Gasteiger partial charge in [-0.05, 0) is 48.9 Å². The van der Waals surface area contributed by atoms with Crippen LogP contribution in [0.15, 0.2) is 36.4 Å². The van der Waals surface area contributed by atoms with Crippen molar-refractivity contribution in [1.29, 1.82) is 5.26 Å². The highest BCUT2D eigenvalue weighted by Gasteiger charge is 2.50. The molecule has 0 bridgehead atoms. The minimum atomic E-state index is -1.18. The molecule has 9 nitrogen and oxygen atoms in total. The largest absolute Gasteiger partial charge is 0.383 e. The van der Waals surface area contributed by atoms with Gasteiger partial charge in [0.2, 0.25) is 11.8 Å². The summed E-state index contributed by atoms with van der Waals surface area (Å²) in [5.41, 5.74) is 1.83. The molecule has 9 heteroatoms. The standard InChI is InChI=1S/C30H33N5O4/c1-28(2)18-34(15-19-3-5-20(6-4-19)29(17-31)11-12-29)14-13-30(28,39)24-9-7-21-22(32-24)16-35(27(21)38)23-8-10-25(36)33-26(23)37/h3-7,9,23,39H,8,10-16,18H2,1-2H3,(H,33,36,37)/t23?,30-/m0/s1. The van der Waals surface area contributed by atoms with Gasteiger partial charge in [0.25, 0.3) is 5.91 Å². The first-order valence-electron chi connectivity index (χ1n) is 13.7. The molecule has 3 aliphatic heterocycles. The van der Waals surface area contributed by atoms with Gasteiger partial charge in [-0.3, -0.25) is 29.6 Å². The highest BCUT2D eigenvalue weighted by molar-refractivity contribution is 6.05. The van der Waals surface area contributed by atoms with E-state index in [-0.39, 0.29) is 30.2 Å². The normalized spacial score (nSPS) is 27.6. The molecule has 2 aromatic rings. The van der Waals surface area contributed by atoms with Crippen molar-refractivity contribution in [3.63, 3.8) is 0 Å². The quantitative estimate of drug-likeness (QED) is 0.572. The highest BCUT2D eigenvalue weighted by atomic mass is 16.3. The van der Waals surface area contributed by atoms with Crippen LogP contribution in [-0.4, -0.2) is 56.7 Å². The summed E-state index contributed by atoms with van der Waals surface area (Å²) in [4.78, 5) is 45.6. The van der Waals surface area contributed by atoms with Crippen molar-refractivity contribution in [3.8, 4) is 6.07 Å². The Morgan fingerprint density at radius 2 is 1.85 bits per heavy atom. The number of fused-ring (bicyclic) bond motifs is 1. The second-order valence-corrected chi connectivity index (χ2v) is 12.2. The number of likely N-dealkylation sites (tertiary alicyclic amines) is 1. The van der Waals surface area contributed by atoms with E-state index in [9.17, 15) is 24.8 Å². The van der Waals surface area contributed by atoms with Crippen LogP contribution in [0.2, 0.25) is 0 Å². The Labute approximate surface area is 227 Å². The molecule has 6 rings (SSSR count). The van der Waals surface area contributed by atoms with Crippen molar-refractivity contribution >= 4 is 17.7 Å². The van der Waals surface area contributed by atoms with Gasteiger partial charge >= 0.3 is 0 Å². The number of pyridine rings is 1. The van der Waals surface area contributed by atoms with Crippen molar-refractivity contribution in [2.45, 2.75) is 76.1 Å². The van der Waals surface area contributed by atoms with Crippen molar-refractivity contribution in [1.82, 2.24) is 20.1 Å². The number of hydrogen-bond donors (Lipinski definition) is 2. The zero-order valence-electron chi connectivity index (χ0n) is 22.4. The first-order valence-corrected chi connectivity index (χ1v) is 13.7. The van der Waals surface area contributed by atoms with Crippen LogP contribution >= 0.6 is 0 Å². The number of rotatable bonds is 5. The number of carbonyl (C=O) groups is 3. The van der Waals surface area contributed by atoms with Gasteiger partial charge in [-0.25, -0.2) is 0 Å². The molecule has 1 unspecified atom stereocenters. The van der Waals surface area contributed by atoms with Gasteiger partial charge in [-0.1, -0.05) is 38.1 Å². The minimum Gasteiger partial charge on any atom is -0.383 e. The van der Waals surface area contributed by atoms with Crippen LogP contribution in [0.3, 0.4) is 0 Å². The lowest BCUT2D eigenvalue weighted by Crippen LogP contribution is -2.55. The predicted octanol–water partition coefficient (Wildman–Crippen LogP) is 2.52. The lowest BCUT2D eigenvalue weighted by molar-refractivity contribution is -0.137. The lowest BCUT2D eigenvalue weighted by Gasteiger charge is -2.50. The zero-order valence-corrected chi connectivity index (χ0v) is 22.4. The van der Waals surface area contributed by atoms with Crippen molar-refractivity contribution < 1.29 is 19.5 Å². The Bertz CT molecular complexity index is 1410. The van der Waals surface area contributed by atoms with E-state index in [2.05, 4.69) is 40.6 Å². The molecule has 39 heavy (non-hydrogen) atoms. The number of aliphatic hydroxyl groups is 1. The van der Waals surface area contributed by atoms with E-state index in [0.29, 0.717) is 42.9 Å². The molecule has 2 N–H and O–H groups in total. The summed E-state index contributed by atoms with van der Waals surface area (Å²) in [5.74, 6) is -1.04. The lowest BCUT2D eigenvalue weighted by atomic mass is 9.68. The molecule has 1 aliphatic carbocycles. The first kappa shape index (κ1) is 25.7. The molecule has 1 aromatic heterocycles. The minimum absolute atomic E-state index is 0.181. The molecular weight excluding hydrogens is 494 g/mol. The summed E-state index contributed by atoms with van der Waals surface area (Å²) in [6.07, 6.45) is 2.85. The molecule has 0 radical (unpaired) electrons. The maximum atomic E-state index is 13.1. The SMILES string of the molecule is CC1(C)CN(Cc2ccc(C3(C#N)CC3)cc2)CC[C@]1(O)c1ccc2c(n1)CN(C1CCC(=O)NC1=O)C2=O. The van der Waals surface area contributed by atoms with Crippen LogP contribution in [0, 0.1) is 16.7 Å². The molecule has 1 aromatic carbocycles. The van der Waals surface area contributed by atoms with E-state index in [4.69, 9.17) is 4.98 Å². The van der Waals surface area contributed by atoms with Gasteiger partial charge in [-0.2, -0.15) is 5.26 Å². The number of hydrogen-bond acceptors (Lipinski definition) is 7. The number of benzene rings is 1. The van der Waals surface area contributed by atoms with Crippen molar-refractivity contribution in [3.05, 3.63) is 64.5 Å². The van der Waals surface area contributed by atoms with Crippen LogP contribution in [0.25, 0.3) is 0 Å². The number of nitrogens with one attached hydrogen (secondary N) is 1. The summed E-state index contributed by atoms with van der Waals surface area (Å²) in [6, 6.07) is 13.6. The van der Waals surface area contributed by atoms with Gasteiger partial charge < -0.3 is 10.0 Å². The average molecular weight is 528 g/mol. The van der Waals surface area contributed by atoms with E-state index in [1.807, 2.05) is 13.8 Å². The molecule has 202 valence electrons. The third-order valence-electron chi connectivity index (χ3n) is 9.20. The van der Waals surface area contributed by atoms with E-state index in [1.54, 1.807) is 12.1 Å². The third-order valence-corrected chi connectivity index (χ3v) is 9.20. The average Bonchev–Trinajstić information content (AvgIpc) is 3.64. The highest BCUT2D eigenvalue weighted by Crippen LogP contribution is 2.48. The van der Waals surface area contributed by atoms with E-state index < -0.39 is 23.0 Å². The Kier molecular flexibility index (Phi) is 5.90. The second-order valence-electron chi connectivity index (χ2n) is 12.2. The molecule has 3 fully saturated rings. The Balaban J connectivity index is 1.16. The number of carbonyl (C=O) groups excluding carboxylic acids is 3. The number of amides is 3. The fraction of sp³-hybridized carbons (Fsp3) is 0.500. The number of nitrogens with zero attached hydrogens (tertiary/aromatic N) is 4. The number of nitriles is 1. The summed E-state index contributed by atoms with van der Waals surface area (Å²) < 4.78 is 0. The molecule has 2 saturated heterocycles. The summed E-state index contributed by atoms with van der Waals surface area (Å²) in [6.45, 7) is 6.37. The number of imide groups is 1. The third kappa shape index (κ3) is 4.23. The molecule has 4 heterocycles. The summed E-state index contributed by atoms with van der Waals surface area (Å²) in [5, 5.41) is 23.8. The molecule has 2 atom stereocenters. The maximum Gasteiger partial charge on any atom is 0.256 e. The molecule has 0 spiro atoms. The van der Waals surface area contributed by atoms with Crippen molar-refractivity contribution in [2.24, 2.45) is 5.41 Å². The molecular formula is C30H33N5O4. The van der Waals surface area contributed by atoms with Gasteiger partial charge in [-0.15, -0.1) is 0 Å². The first-order chi connectivity index (χ1) is 18.5. The monoisotopic (exact) mass is 527 g/mol. The smallest absolute Gasteiger partial charge is 0.256 e. The maximum absolute atomic E-state index is 13.1. The van der Waals surface area contributed by atoms with Crippen LogP contribution in [0.1, 0.15) is 78.8 Å².